The molecular formula is C12H18N2. The molecule has 1 rings (SSSR count). The SMILES string of the molecule is CCCC(N)=NCc1ccccc1C. The fourth-order valence-corrected chi connectivity index (χ4v) is 1.31. The van der Waals surface area contributed by atoms with Crippen LogP contribution < -0.4 is 5.73 Å². The molecule has 0 unspecified atom stereocenters. The Morgan fingerprint density at radius 2 is 2.07 bits per heavy atom. The zero-order valence-electron chi connectivity index (χ0n) is 8.96. The third-order valence-electron chi connectivity index (χ3n) is 2.22. The maximum Gasteiger partial charge on any atom is 0.0941 e. The molecule has 0 bridgehead atoms. The molecule has 2 heteroatoms. The Bertz CT molecular complexity index is 316. The minimum absolute atomic E-state index is 0.707. The Morgan fingerprint density at radius 1 is 1.36 bits per heavy atom. The molecule has 0 aromatic heterocycles. The highest BCUT2D eigenvalue weighted by Gasteiger charge is 1.95. The van der Waals surface area contributed by atoms with Gasteiger partial charge in [0.15, 0.2) is 0 Å². The molecule has 1 aromatic rings. The van der Waals surface area contributed by atoms with Gasteiger partial charge in [-0.1, -0.05) is 31.2 Å². The second-order valence-electron chi connectivity index (χ2n) is 3.48. The third-order valence-corrected chi connectivity index (χ3v) is 2.22. The van der Waals surface area contributed by atoms with Gasteiger partial charge in [-0.25, -0.2) is 0 Å². The zero-order chi connectivity index (χ0) is 10.4. The second kappa shape index (κ2) is 5.43. The first kappa shape index (κ1) is 10.8. The highest BCUT2D eigenvalue weighted by molar-refractivity contribution is 5.80. The zero-order valence-corrected chi connectivity index (χ0v) is 8.96. The minimum atomic E-state index is 0.707. The highest BCUT2D eigenvalue weighted by Crippen LogP contribution is 2.08. The van der Waals surface area contributed by atoms with Gasteiger partial charge in [-0.05, 0) is 24.5 Å². The van der Waals surface area contributed by atoms with E-state index < -0.39 is 0 Å². The van der Waals surface area contributed by atoms with Crippen LogP contribution in [-0.2, 0) is 6.54 Å². The van der Waals surface area contributed by atoms with Gasteiger partial charge >= 0.3 is 0 Å². The third kappa shape index (κ3) is 3.21. The van der Waals surface area contributed by atoms with Gasteiger partial charge in [0.2, 0.25) is 0 Å². The summed E-state index contributed by atoms with van der Waals surface area (Å²) in [6.07, 6.45) is 1.95. The summed E-state index contributed by atoms with van der Waals surface area (Å²) in [6, 6.07) is 8.27. The smallest absolute Gasteiger partial charge is 0.0941 e. The van der Waals surface area contributed by atoms with Crippen LogP contribution in [0.4, 0.5) is 0 Å². The van der Waals surface area contributed by atoms with E-state index in [4.69, 9.17) is 5.73 Å². The first-order valence-electron chi connectivity index (χ1n) is 5.07. The number of nitrogens with two attached hydrogens (primary N) is 1. The van der Waals surface area contributed by atoms with Crippen molar-refractivity contribution in [1.29, 1.82) is 0 Å². The molecule has 1 aromatic carbocycles. The molecule has 0 saturated heterocycles. The van der Waals surface area contributed by atoms with E-state index in [1.54, 1.807) is 0 Å². The first-order chi connectivity index (χ1) is 6.74. The molecule has 0 atom stereocenters. The maximum atomic E-state index is 5.73. The van der Waals surface area contributed by atoms with Gasteiger partial charge in [-0.15, -0.1) is 0 Å². The van der Waals surface area contributed by atoms with Crippen molar-refractivity contribution in [2.24, 2.45) is 10.7 Å². The summed E-state index contributed by atoms with van der Waals surface area (Å²) in [5, 5.41) is 0. The van der Waals surface area contributed by atoms with Crippen molar-refractivity contribution < 1.29 is 0 Å². The average molecular weight is 190 g/mol. The van der Waals surface area contributed by atoms with Crippen LogP contribution in [-0.4, -0.2) is 5.84 Å². The molecule has 0 saturated carbocycles. The summed E-state index contributed by atoms with van der Waals surface area (Å²) >= 11 is 0. The van der Waals surface area contributed by atoms with Gasteiger partial charge in [0.05, 0.1) is 12.4 Å². The molecule has 0 radical (unpaired) electrons. The topological polar surface area (TPSA) is 38.4 Å². The van der Waals surface area contributed by atoms with Crippen LogP contribution in [0.3, 0.4) is 0 Å². The van der Waals surface area contributed by atoms with Gasteiger partial charge in [0.1, 0.15) is 0 Å². The molecule has 2 nitrogen and oxygen atoms in total. The summed E-state index contributed by atoms with van der Waals surface area (Å²) in [5.74, 6) is 0.760. The van der Waals surface area contributed by atoms with Crippen molar-refractivity contribution in [3.05, 3.63) is 35.4 Å². The van der Waals surface area contributed by atoms with Crippen LogP contribution in [0.15, 0.2) is 29.3 Å². The van der Waals surface area contributed by atoms with Gasteiger partial charge in [0, 0.05) is 6.42 Å². The van der Waals surface area contributed by atoms with Crippen LogP contribution in [0, 0.1) is 6.92 Å². The molecule has 0 aliphatic rings. The summed E-state index contributed by atoms with van der Waals surface area (Å²) in [4.78, 5) is 4.34. The summed E-state index contributed by atoms with van der Waals surface area (Å²) < 4.78 is 0. The van der Waals surface area contributed by atoms with Crippen LogP contribution >= 0.6 is 0 Å². The van der Waals surface area contributed by atoms with Gasteiger partial charge in [-0.2, -0.15) is 0 Å². The van der Waals surface area contributed by atoms with E-state index in [0.29, 0.717) is 6.54 Å². The number of hydrogen-bond donors (Lipinski definition) is 1. The largest absolute Gasteiger partial charge is 0.387 e. The fraction of sp³-hybridized carbons (Fsp3) is 0.417. The van der Waals surface area contributed by atoms with Crippen LogP contribution in [0.5, 0.6) is 0 Å². The number of aliphatic imine (C=N–C) groups is 1. The standard InChI is InChI=1S/C12H18N2/c1-3-6-12(13)14-9-11-8-5-4-7-10(11)2/h4-5,7-8H,3,6,9H2,1-2H3,(H2,13,14). The summed E-state index contributed by atoms with van der Waals surface area (Å²) in [6.45, 7) is 4.91. The molecule has 14 heavy (non-hydrogen) atoms. The van der Waals surface area contributed by atoms with E-state index in [-0.39, 0.29) is 0 Å². The Kier molecular flexibility index (Phi) is 4.17. The Hall–Kier alpha value is -1.31. The van der Waals surface area contributed by atoms with E-state index >= 15 is 0 Å². The van der Waals surface area contributed by atoms with Crippen molar-refractivity contribution in [3.63, 3.8) is 0 Å². The lowest BCUT2D eigenvalue weighted by Crippen LogP contribution is -2.11. The predicted molar refractivity (Wildman–Crippen MR) is 61.4 cm³/mol. The molecule has 0 spiro atoms. The van der Waals surface area contributed by atoms with E-state index in [0.717, 1.165) is 18.7 Å². The lowest BCUT2D eigenvalue weighted by Gasteiger charge is -2.02. The van der Waals surface area contributed by atoms with E-state index in [1.807, 2.05) is 12.1 Å². The number of amidine groups is 1. The van der Waals surface area contributed by atoms with E-state index in [9.17, 15) is 0 Å². The van der Waals surface area contributed by atoms with E-state index in [1.165, 1.54) is 11.1 Å². The molecule has 76 valence electrons. The monoisotopic (exact) mass is 190 g/mol. The normalized spacial score (nSPS) is 11.7. The number of benzene rings is 1. The Balaban J connectivity index is 2.61. The number of nitrogens with zero attached hydrogens (tertiary/aromatic N) is 1. The summed E-state index contributed by atoms with van der Waals surface area (Å²) in [7, 11) is 0. The molecule has 0 aliphatic heterocycles. The number of aryl methyl sites for hydroxylation is 1. The second-order valence-corrected chi connectivity index (χ2v) is 3.48. The van der Waals surface area contributed by atoms with Gasteiger partial charge in [0.25, 0.3) is 0 Å². The first-order valence-corrected chi connectivity index (χ1v) is 5.07. The maximum absolute atomic E-state index is 5.73. The molecule has 0 amide bonds. The van der Waals surface area contributed by atoms with Crippen molar-refractivity contribution in [3.8, 4) is 0 Å². The Labute approximate surface area is 85.9 Å². The van der Waals surface area contributed by atoms with Crippen LogP contribution in [0.1, 0.15) is 30.9 Å². The molecule has 0 aliphatic carbocycles. The highest BCUT2D eigenvalue weighted by atomic mass is 14.8. The minimum Gasteiger partial charge on any atom is -0.387 e. The number of hydrogen-bond acceptors (Lipinski definition) is 1. The fourth-order valence-electron chi connectivity index (χ4n) is 1.31. The van der Waals surface area contributed by atoms with Crippen molar-refractivity contribution >= 4 is 5.84 Å². The van der Waals surface area contributed by atoms with Crippen molar-refractivity contribution in [1.82, 2.24) is 0 Å². The van der Waals surface area contributed by atoms with Gasteiger partial charge < -0.3 is 5.73 Å². The predicted octanol–water partition coefficient (Wildman–Crippen LogP) is 2.65. The number of rotatable bonds is 4. The Morgan fingerprint density at radius 3 is 2.71 bits per heavy atom. The molecular weight excluding hydrogens is 172 g/mol. The van der Waals surface area contributed by atoms with Crippen molar-refractivity contribution in [2.45, 2.75) is 33.2 Å². The lowest BCUT2D eigenvalue weighted by molar-refractivity contribution is 0.951. The lowest BCUT2D eigenvalue weighted by atomic mass is 10.1. The summed E-state index contributed by atoms with van der Waals surface area (Å²) in [5.41, 5.74) is 8.27. The van der Waals surface area contributed by atoms with Crippen molar-refractivity contribution in [2.75, 3.05) is 0 Å². The van der Waals surface area contributed by atoms with Crippen LogP contribution in [0.25, 0.3) is 0 Å². The quantitative estimate of drug-likeness (QED) is 0.575. The van der Waals surface area contributed by atoms with Crippen LogP contribution in [0.2, 0.25) is 0 Å². The molecule has 0 heterocycles. The molecule has 2 N–H and O–H groups in total. The van der Waals surface area contributed by atoms with Gasteiger partial charge in [-0.3, -0.25) is 4.99 Å². The molecule has 0 fully saturated rings. The average Bonchev–Trinajstić information content (AvgIpc) is 2.17. The van der Waals surface area contributed by atoms with E-state index in [2.05, 4.69) is 31.0 Å².